The zero-order chi connectivity index (χ0) is 39.0. The van der Waals surface area contributed by atoms with Crippen LogP contribution in [0.25, 0.3) is 0 Å². The molecule has 0 spiro atoms. The third-order valence-electron chi connectivity index (χ3n) is 10.5. The molecule has 0 fully saturated rings. The van der Waals surface area contributed by atoms with Crippen molar-refractivity contribution in [1.82, 2.24) is 0 Å². The van der Waals surface area contributed by atoms with Crippen LogP contribution in [0.2, 0.25) is 0 Å². The Balaban J connectivity index is 4.13. The molecule has 6 nitrogen and oxygen atoms in total. The molecule has 0 aromatic rings. The maximum Gasteiger partial charge on any atom is 0.306 e. The molecule has 0 aromatic heterocycles. The van der Waals surface area contributed by atoms with E-state index in [0.717, 1.165) is 76.0 Å². The summed E-state index contributed by atoms with van der Waals surface area (Å²) in [5, 5.41) is 0. The third kappa shape index (κ3) is 41.4. The first-order chi connectivity index (χ1) is 25.7. The Morgan fingerprint density at radius 2 is 0.623 bits per heavy atom. The number of hydrogen-bond donors (Lipinski definition) is 0. The van der Waals surface area contributed by atoms with Crippen LogP contribution in [0.15, 0.2) is 0 Å². The minimum Gasteiger partial charge on any atom is -0.462 e. The Labute approximate surface area is 329 Å². The summed E-state index contributed by atoms with van der Waals surface area (Å²) in [6, 6.07) is 0. The lowest BCUT2D eigenvalue weighted by atomic mass is 10.0. The molecular formula is C47H90O6. The second-order valence-electron chi connectivity index (χ2n) is 17.0. The second kappa shape index (κ2) is 40.1. The smallest absolute Gasteiger partial charge is 0.306 e. The van der Waals surface area contributed by atoms with E-state index in [1.54, 1.807) is 0 Å². The summed E-state index contributed by atoms with van der Waals surface area (Å²) < 4.78 is 16.6. The van der Waals surface area contributed by atoms with Gasteiger partial charge in [0.05, 0.1) is 0 Å². The minimum atomic E-state index is -0.759. The van der Waals surface area contributed by atoms with E-state index in [1.165, 1.54) is 135 Å². The molecule has 6 heteroatoms. The summed E-state index contributed by atoms with van der Waals surface area (Å²) in [6.07, 6.45) is 38.4. The number of rotatable bonds is 41. The van der Waals surface area contributed by atoms with Crippen LogP contribution in [0, 0.1) is 11.8 Å². The van der Waals surface area contributed by atoms with Crippen molar-refractivity contribution >= 4 is 17.9 Å². The Morgan fingerprint density at radius 1 is 0.358 bits per heavy atom. The highest BCUT2D eigenvalue weighted by Crippen LogP contribution is 2.17. The first-order valence-corrected chi connectivity index (χ1v) is 23.2. The molecule has 0 heterocycles. The van der Waals surface area contributed by atoms with E-state index in [-0.39, 0.29) is 31.1 Å². The maximum atomic E-state index is 12.6. The Morgan fingerprint density at radius 3 is 0.925 bits per heavy atom. The van der Waals surface area contributed by atoms with E-state index in [0.29, 0.717) is 19.3 Å². The standard InChI is InChI=1S/C47H90O6/c1-6-7-8-25-32-37-45(48)51-40-44(53-47(50)39-34-29-24-20-16-18-22-27-31-36-43(4)5)41-52-46(49)38-33-28-23-19-15-13-11-9-10-12-14-17-21-26-30-35-42(2)3/h42-44H,6-41H2,1-5H3/t44-/m0/s1. The number of hydrogen-bond acceptors (Lipinski definition) is 6. The molecule has 0 bridgehead atoms. The Bertz CT molecular complexity index is 809. The highest BCUT2D eigenvalue weighted by molar-refractivity contribution is 5.71. The largest absolute Gasteiger partial charge is 0.462 e. The van der Waals surface area contributed by atoms with Gasteiger partial charge in [-0.25, -0.2) is 0 Å². The number of ether oxygens (including phenoxy) is 3. The predicted octanol–water partition coefficient (Wildman–Crippen LogP) is 14.6. The molecule has 314 valence electrons. The van der Waals surface area contributed by atoms with Crippen molar-refractivity contribution in [3.05, 3.63) is 0 Å². The van der Waals surface area contributed by atoms with Crippen LogP contribution in [0.5, 0.6) is 0 Å². The van der Waals surface area contributed by atoms with Crippen molar-refractivity contribution in [3.63, 3.8) is 0 Å². The van der Waals surface area contributed by atoms with Crippen molar-refractivity contribution in [2.75, 3.05) is 13.2 Å². The molecule has 0 amide bonds. The summed E-state index contributed by atoms with van der Waals surface area (Å²) in [7, 11) is 0. The number of carbonyl (C=O) groups is 3. The number of carbonyl (C=O) groups excluding carboxylic acids is 3. The summed E-state index contributed by atoms with van der Waals surface area (Å²) in [5.74, 6) is 0.785. The van der Waals surface area contributed by atoms with Gasteiger partial charge in [0.15, 0.2) is 6.10 Å². The van der Waals surface area contributed by atoms with E-state index < -0.39 is 6.10 Å². The van der Waals surface area contributed by atoms with Gasteiger partial charge in [-0.3, -0.25) is 14.4 Å². The highest BCUT2D eigenvalue weighted by Gasteiger charge is 2.19. The topological polar surface area (TPSA) is 78.9 Å². The van der Waals surface area contributed by atoms with Crippen LogP contribution < -0.4 is 0 Å². The number of esters is 3. The van der Waals surface area contributed by atoms with Gasteiger partial charge in [-0.05, 0) is 31.1 Å². The van der Waals surface area contributed by atoms with Crippen molar-refractivity contribution in [3.8, 4) is 0 Å². The average molecular weight is 751 g/mol. The van der Waals surface area contributed by atoms with E-state index in [1.807, 2.05) is 0 Å². The Kier molecular flexibility index (Phi) is 38.9. The lowest BCUT2D eigenvalue weighted by Gasteiger charge is -2.18. The zero-order valence-corrected chi connectivity index (χ0v) is 36.1. The van der Waals surface area contributed by atoms with Gasteiger partial charge >= 0.3 is 17.9 Å². The maximum absolute atomic E-state index is 12.6. The molecule has 0 aliphatic rings. The van der Waals surface area contributed by atoms with Crippen LogP contribution in [-0.2, 0) is 28.6 Å². The summed E-state index contributed by atoms with van der Waals surface area (Å²) >= 11 is 0. The van der Waals surface area contributed by atoms with Crippen molar-refractivity contribution < 1.29 is 28.6 Å². The van der Waals surface area contributed by atoms with E-state index in [9.17, 15) is 14.4 Å². The molecule has 0 aromatic carbocycles. The molecule has 0 aliphatic carbocycles. The number of unbranched alkanes of at least 4 members (excludes halogenated alkanes) is 26. The fourth-order valence-electron chi connectivity index (χ4n) is 6.93. The average Bonchev–Trinajstić information content (AvgIpc) is 3.12. The van der Waals surface area contributed by atoms with Gasteiger partial charge in [0.1, 0.15) is 13.2 Å². The molecule has 0 unspecified atom stereocenters. The van der Waals surface area contributed by atoms with E-state index in [4.69, 9.17) is 14.2 Å². The van der Waals surface area contributed by atoms with Crippen molar-refractivity contribution in [2.45, 2.75) is 259 Å². The normalized spacial score (nSPS) is 12.1. The summed E-state index contributed by atoms with van der Waals surface area (Å²) in [5.41, 5.74) is 0. The molecule has 1 atom stereocenters. The van der Waals surface area contributed by atoms with Gasteiger partial charge in [-0.2, -0.15) is 0 Å². The molecule has 0 radical (unpaired) electrons. The fraction of sp³-hybridized carbons (Fsp3) is 0.936. The summed E-state index contributed by atoms with van der Waals surface area (Å²) in [4.78, 5) is 37.5. The van der Waals surface area contributed by atoms with E-state index >= 15 is 0 Å². The van der Waals surface area contributed by atoms with Gasteiger partial charge in [0, 0.05) is 19.3 Å². The van der Waals surface area contributed by atoms with Gasteiger partial charge < -0.3 is 14.2 Å². The monoisotopic (exact) mass is 751 g/mol. The lowest BCUT2D eigenvalue weighted by molar-refractivity contribution is -0.167. The molecule has 53 heavy (non-hydrogen) atoms. The fourth-order valence-corrected chi connectivity index (χ4v) is 6.93. The van der Waals surface area contributed by atoms with Crippen molar-refractivity contribution in [1.29, 1.82) is 0 Å². The molecule has 0 N–H and O–H groups in total. The molecular weight excluding hydrogens is 661 g/mol. The van der Waals surface area contributed by atoms with Crippen molar-refractivity contribution in [2.24, 2.45) is 11.8 Å². The van der Waals surface area contributed by atoms with Crippen LogP contribution in [0.3, 0.4) is 0 Å². The first-order valence-electron chi connectivity index (χ1n) is 23.2. The van der Waals surface area contributed by atoms with Gasteiger partial charge in [0.2, 0.25) is 0 Å². The predicted molar refractivity (Wildman–Crippen MR) is 224 cm³/mol. The molecule has 0 saturated heterocycles. The molecule has 0 rings (SSSR count). The van der Waals surface area contributed by atoms with Gasteiger partial charge in [-0.1, -0.05) is 214 Å². The highest BCUT2D eigenvalue weighted by atomic mass is 16.6. The quantitative estimate of drug-likeness (QED) is 0.0352. The van der Waals surface area contributed by atoms with Gasteiger partial charge in [0.25, 0.3) is 0 Å². The van der Waals surface area contributed by atoms with Crippen LogP contribution in [0.1, 0.15) is 253 Å². The van der Waals surface area contributed by atoms with Crippen LogP contribution >= 0.6 is 0 Å². The molecule has 0 aliphatic heterocycles. The lowest BCUT2D eigenvalue weighted by Crippen LogP contribution is -2.30. The Hall–Kier alpha value is -1.59. The SMILES string of the molecule is CCCCCCCC(=O)OC[C@@H](COC(=O)CCCCCCCCCCCCCCCCCC(C)C)OC(=O)CCCCCCCCCCCC(C)C. The van der Waals surface area contributed by atoms with Crippen LogP contribution in [0.4, 0.5) is 0 Å². The molecule has 0 saturated carbocycles. The first kappa shape index (κ1) is 51.4. The second-order valence-corrected chi connectivity index (χ2v) is 17.0. The van der Waals surface area contributed by atoms with E-state index in [2.05, 4.69) is 34.6 Å². The van der Waals surface area contributed by atoms with Gasteiger partial charge in [-0.15, -0.1) is 0 Å². The zero-order valence-electron chi connectivity index (χ0n) is 36.1. The van der Waals surface area contributed by atoms with Crippen LogP contribution in [-0.4, -0.2) is 37.2 Å². The summed E-state index contributed by atoms with van der Waals surface area (Å²) in [6.45, 7) is 11.3. The minimum absolute atomic E-state index is 0.0657. The third-order valence-corrected chi connectivity index (χ3v) is 10.5.